The lowest BCUT2D eigenvalue weighted by Crippen LogP contribution is -2.58. The molecule has 1 rings (SSSR count). The van der Waals surface area contributed by atoms with Crippen LogP contribution in [0.15, 0.2) is 12.2 Å². The monoisotopic (exact) mass is 451 g/mol. The summed E-state index contributed by atoms with van der Waals surface area (Å²) >= 11 is 0. The molecule has 0 amide bonds. The van der Waals surface area contributed by atoms with Crippen molar-refractivity contribution in [1.82, 2.24) is 4.90 Å². The zero-order valence-electron chi connectivity index (χ0n) is 21.4. The Morgan fingerprint density at radius 1 is 0.875 bits per heavy atom. The molecule has 0 aromatic carbocycles. The van der Waals surface area contributed by atoms with Crippen molar-refractivity contribution in [3.05, 3.63) is 12.2 Å². The van der Waals surface area contributed by atoms with E-state index in [0.29, 0.717) is 12.8 Å². The molecule has 186 valence electrons. The lowest BCUT2D eigenvalue weighted by molar-refractivity contribution is -0.152. The highest BCUT2D eigenvalue weighted by atomic mass is 16.4. The largest absolute Gasteiger partial charge is 0.481 e. The normalized spacial score (nSPS) is 21.2. The van der Waals surface area contributed by atoms with E-state index in [1.54, 1.807) is 0 Å². The molecule has 2 unspecified atom stereocenters. The van der Waals surface area contributed by atoms with Crippen molar-refractivity contribution in [1.29, 1.82) is 0 Å². The smallest absolute Gasteiger partial charge is 0.320 e. The molecule has 0 aromatic rings. The molecule has 5 heteroatoms. The van der Waals surface area contributed by atoms with Crippen LogP contribution >= 0.6 is 0 Å². The maximum absolute atomic E-state index is 12.1. The van der Waals surface area contributed by atoms with Crippen molar-refractivity contribution in [2.24, 2.45) is 5.92 Å². The first kappa shape index (κ1) is 28.7. The molecule has 0 spiro atoms. The van der Waals surface area contributed by atoms with Crippen LogP contribution < -0.4 is 0 Å². The van der Waals surface area contributed by atoms with E-state index in [9.17, 15) is 19.8 Å². The van der Waals surface area contributed by atoms with Gasteiger partial charge in [-0.1, -0.05) is 70.4 Å². The summed E-state index contributed by atoms with van der Waals surface area (Å²) < 4.78 is 0. The van der Waals surface area contributed by atoms with Crippen LogP contribution in [0.25, 0.3) is 0 Å². The van der Waals surface area contributed by atoms with Crippen LogP contribution in [0.3, 0.4) is 0 Å². The summed E-state index contributed by atoms with van der Waals surface area (Å²) in [5.74, 6) is -2.23. The van der Waals surface area contributed by atoms with Gasteiger partial charge in [-0.05, 0) is 66.2 Å². The van der Waals surface area contributed by atoms with Gasteiger partial charge in [0.1, 0.15) is 6.04 Å². The Morgan fingerprint density at radius 2 is 1.38 bits per heavy atom. The standard InChI is InChI=1S/C27H49NO4/c1-6-7-8-9-10-11-12-13-14-15-16-17-18-19-20-23(25(31)32)28-26(2,3)21-22(24(29)30)27(28,4)5/h13-14,22-23H,6-12,15-21H2,1-5H3,(H,29,30)(H,31,32)/b14-13-. The molecular formula is C27H49NO4. The number of carbonyl (C=O) groups is 2. The number of likely N-dealkylation sites (tertiary alicyclic amines) is 1. The molecular weight excluding hydrogens is 402 g/mol. The summed E-state index contributed by atoms with van der Waals surface area (Å²) in [7, 11) is 0. The summed E-state index contributed by atoms with van der Waals surface area (Å²) in [6.07, 6.45) is 20.1. The average molecular weight is 452 g/mol. The second-order valence-corrected chi connectivity index (χ2v) is 10.8. The van der Waals surface area contributed by atoms with E-state index in [0.717, 1.165) is 32.1 Å². The Morgan fingerprint density at radius 3 is 1.84 bits per heavy atom. The molecule has 1 fully saturated rings. The van der Waals surface area contributed by atoms with Gasteiger partial charge in [-0.15, -0.1) is 0 Å². The number of allylic oxidation sites excluding steroid dienone is 2. The topological polar surface area (TPSA) is 77.8 Å². The first-order valence-electron chi connectivity index (χ1n) is 13.0. The zero-order valence-corrected chi connectivity index (χ0v) is 21.4. The van der Waals surface area contributed by atoms with Gasteiger partial charge in [0.25, 0.3) is 0 Å². The second kappa shape index (κ2) is 14.0. The molecule has 0 bridgehead atoms. The molecule has 0 aromatic heterocycles. The molecule has 0 radical (unpaired) electrons. The van der Waals surface area contributed by atoms with Crippen LogP contribution in [0.2, 0.25) is 0 Å². The van der Waals surface area contributed by atoms with Crippen LogP contribution in [0.5, 0.6) is 0 Å². The highest BCUT2D eigenvalue weighted by Gasteiger charge is 2.57. The van der Waals surface area contributed by atoms with Gasteiger partial charge < -0.3 is 10.2 Å². The molecule has 1 aliphatic heterocycles. The number of hydrogen-bond donors (Lipinski definition) is 2. The fraction of sp³-hybridized carbons (Fsp3) is 0.852. The summed E-state index contributed by atoms with van der Waals surface area (Å²) in [6.45, 7) is 9.97. The lowest BCUT2D eigenvalue weighted by atomic mass is 9.87. The van der Waals surface area contributed by atoms with E-state index in [1.807, 2.05) is 32.6 Å². The van der Waals surface area contributed by atoms with Crippen LogP contribution in [-0.2, 0) is 9.59 Å². The minimum atomic E-state index is -0.838. The Labute approximate surface area is 196 Å². The summed E-state index contributed by atoms with van der Waals surface area (Å²) in [5.41, 5.74) is -1.13. The van der Waals surface area contributed by atoms with E-state index in [1.165, 1.54) is 44.9 Å². The van der Waals surface area contributed by atoms with E-state index in [-0.39, 0.29) is 0 Å². The highest BCUT2D eigenvalue weighted by molar-refractivity contribution is 5.76. The van der Waals surface area contributed by atoms with Crippen molar-refractivity contribution in [2.75, 3.05) is 0 Å². The average Bonchev–Trinajstić information content (AvgIpc) is 2.89. The predicted molar refractivity (Wildman–Crippen MR) is 132 cm³/mol. The van der Waals surface area contributed by atoms with E-state index >= 15 is 0 Å². The van der Waals surface area contributed by atoms with Gasteiger partial charge >= 0.3 is 11.9 Å². The lowest BCUT2D eigenvalue weighted by Gasteiger charge is -2.44. The number of hydrogen-bond acceptors (Lipinski definition) is 3. The Kier molecular flexibility index (Phi) is 12.6. The van der Waals surface area contributed by atoms with Crippen LogP contribution in [0, 0.1) is 5.92 Å². The van der Waals surface area contributed by atoms with Gasteiger partial charge in [-0.25, -0.2) is 0 Å². The number of carboxylic acid groups (broad SMARTS) is 2. The van der Waals surface area contributed by atoms with Crippen molar-refractivity contribution in [3.8, 4) is 0 Å². The molecule has 0 saturated carbocycles. The van der Waals surface area contributed by atoms with Gasteiger partial charge in [0.2, 0.25) is 0 Å². The van der Waals surface area contributed by atoms with Crippen molar-refractivity contribution >= 4 is 11.9 Å². The van der Waals surface area contributed by atoms with E-state index in [2.05, 4.69) is 19.1 Å². The van der Waals surface area contributed by atoms with Gasteiger partial charge in [0, 0.05) is 11.1 Å². The Bertz CT molecular complexity index is 596. The number of unbranched alkanes of at least 4 members (excludes halogenated alkanes) is 10. The summed E-state index contributed by atoms with van der Waals surface area (Å²) in [5, 5.41) is 19.6. The molecule has 2 N–H and O–H groups in total. The SMILES string of the molecule is CCCCCCCC/C=C\CCCCCCC(C(=O)O)N1C(C)(C)CC(C(=O)O)C1(C)C. The Balaban J connectivity index is 2.34. The van der Waals surface area contributed by atoms with Crippen LogP contribution in [0.4, 0.5) is 0 Å². The molecule has 1 aliphatic rings. The predicted octanol–water partition coefficient (Wildman–Crippen LogP) is 7.05. The van der Waals surface area contributed by atoms with Crippen LogP contribution in [-0.4, -0.2) is 44.2 Å². The third-order valence-corrected chi connectivity index (χ3v) is 7.21. The summed E-state index contributed by atoms with van der Waals surface area (Å²) in [6, 6.07) is -0.637. The quantitative estimate of drug-likeness (QED) is 0.183. The third-order valence-electron chi connectivity index (χ3n) is 7.21. The van der Waals surface area contributed by atoms with Crippen LogP contribution in [0.1, 0.15) is 125 Å². The van der Waals surface area contributed by atoms with Gasteiger partial charge in [0.05, 0.1) is 5.92 Å². The van der Waals surface area contributed by atoms with Gasteiger partial charge in [-0.2, -0.15) is 0 Å². The van der Waals surface area contributed by atoms with Crippen molar-refractivity contribution in [3.63, 3.8) is 0 Å². The fourth-order valence-corrected chi connectivity index (χ4v) is 5.60. The molecule has 5 nitrogen and oxygen atoms in total. The minimum Gasteiger partial charge on any atom is -0.481 e. The Hall–Kier alpha value is -1.36. The van der Waals surface area contributed by atoms with E-state index in [4.69, 9.17) is 0 Å². The summed E-state index contributed by atoms with van der Waals surface area (Å²) in [4.78, 5) is 25.8. The molecule has 1 heterocycles. The second-order valence-electron chi connectivity index (χ2n) is 10.8. The van der Waals surface area contributed by atoms with Crippen molar-refractivity contribution < 1.29 is 19.8 Å². The van der Waals surface area contributed by atoms with E-state index < -0.39 is 35.0 Å². The number of aliphatic carboxylic acids is 2. The molecule has 1 saturated heterocycles. The highest BCUT2D eigenvalue weighted by Crippen LogP contribution is 2.47. The maximum atomic E-state index is 12.1. The minimum absolute atomic E-state index is 0.448. The first-order chi connectivity index (χ1) is 15.1. The molecule has 32 heavy (non-hydrogen) atoms. The molecule has 0 aliphatic carbocycles. The number of carboxylic acids is 2. The zero-order chi connectivity index (χ0) is 24.2. The number of rotatable bonds is 17. The number of nitrogens with zero attached hydrogens (tertiary/aromatic N) is 1. The van der Waals surface area contributed by atoms with Gasteiger partial charge in [-0.3, -0.25) is 14.5 Å². The third kappa shape index (κ3) is 8.88. The maximum Gasteiger partial charge on any atom is 0.320 e. The first-order valence-corrected chi connectivity index (χ1v) is 13.0. The fourth-order valence-electron chi connectivity index (χ4n) is 5.60. The van der Waals surface area contributed by atoms with Gasteiger partial charge in [0.15, 0.2) is 0 Å². The molecule has 2 atom stereocenters. The van der Waals surface area contributed by atoms with Crippen molar-refractivity contribution in [2.45, 2.75) is 142 Å².